The molecule has 2 aromatic rings. The smallest absolute Gasteiger partial charge is 0.269 e. The van der Waals surface area contributed by atoms with Gasteiger partial charge in [-0.15, -0.1) is 0 Å². The van der Waals surface area contributed by atoms with Gasteiger partial charge in [-0.25, -0.2) is 8.42 Å². The van der Waals surface area contributed by atoms with Crippen molar-refractivity contribution in [3.63, 3.8) is 0 Å². The number of hydrogen-bond donors (Lipinski definition) is 0. The van der Waals surface area contributed by atoms with Gasteiger partial charge in [-0.05, 0) is 61.3 Å². The van der Waals surface area contributed by atoms with Crippen molar-refractivity contribution < 1.29 is 18.1 Å². The molecule has 3 aliphatic rings. The average Bonchev–Trinajstić information content (AvgIpc) is 3.12. The molecule has 3 fully saturated rings. The van der Waals surface area contributed by atoms with Crippen molar-refractivity contribution in [1.29, 1.82) is 0 Å². The van der Waals surface area contributed by atoms with E-state index < -0.39 is 26.9 Å². The van der Waals surface area contributed by atoms with Crippen LogP contribution in [0.2, 0.25) is 0 Å². The number of benzene rings is 2. The zero-order valence-electron chi connectivity index (χ0n) is 19.5. The molecule has 180 valence electrons. The first kappa shape index (κ1) is 24.3. The lowest BCUT2D eigenvalue weighted by Gasteiger charge is -2.38. The van der Waals surface area contributed by atoms with Crippen LogP contribution in [0.5, 0.6) is 0 Å². The van der Waals surface area contributed by atoms with Gasteiger partial charge in [0, 0.05) is 37.1 Å². The highest BCUT2D eigenvalue weighted by molar-refractivity contribution is 7.89. The average molecular weight is 483 g/mol. The minimum absolute atomic E-state index is 0.0238. The maximum absolute atomic E-state index is 13.7. The number of piperidine rings is 1. The standard InChI is InChI=1S/C26H30N2O5S/c1-4-25(29)26-23(20-8-6-19(7-9-20)17(2)3)15-18-5-14-24(26)27(16-18)34(32,33)22-12-10-21(11-13-22)28(30)31/h6-13,18,23-24,26H,2,4-5,14-16H2,1,3H3/t18-,23-,24+,26-/m0/s1. The summed E-state index contributed by atoms with van der Waals surface area (Å²) in [6, 6.07) is 12.7. The van der Waals surface area contributed by atoms with E-state index in [1.165, 1.54) is 28.6 Å². The molecule has 0 radical (unpaired) electrons. The molecule has 2 aliphatic heterocycles. The number of carbonyl (C=O) groups is 1. The van der Waals surface area contributed by atoms with E-state index in [-0.39, 0.29) is 28.2 Å². The highest BCUT2D eigenvalue weighted by Gasteiger charge is 2.49. The van der Waals surface area contributed by atoms with Crippen LogP contribution >= 0.6 is 0 Å². The largest absolute Gasteiger partial charge is 0.299 e. The van der Waals surface area contributed by atoms with E-state index in [1.807, 2.05) is 38.1 Å². The maximum atomic E-state index is 13.7. The topological polar surface area (TPSA) is 97.6 Å². The predicted molar refractivity (Wildman–Crippen MR) is 131 cm³/mol. The second kappa shape index (κ2) is 9.43. The second-order valence-corrected chi connectivity index (χ2v) is 11.3. The lowest BCUT2D eigenvalue weighted by molar-refractivity contribution is -0.384. The van der Waals surface area contributed by atoms with Crippen molar-refractivity contribution in [2.45, 2.75) is 56.4 Å². The van der Waals surface area contributed by atoms with E-state index in [0.717, 1.165) is 29.5 Å². The Labute approximate surface area is 200 Å². The van der Waals surface area contributed by atoms with E-state index in [9.17, 15) is 23.3 Å². The zero-order valence-corrected chi connectivity index (χ0v) is 20.3. The van der Waals surface area contributed by atoms with Crippen LogP contribution in [-0.4, -0.2) is 36.0 Å². The molecule has 4 atom stereocenters. The summed E-state index contributed by atoms with van der Waals surface area (Å²) in [7, 11) is -3.91. The lowest BCUT2D eigenvalue weighted by Crippen LogP contribution is -2.50. The minimum Gasteiger partial charge on any atom is -0.299 e. The van der Waals surface area contributed by atoms with Gasteiger partial charge in [-0.1, -0.05) is 43.3 Å². The first-order chi connectivity index (χ1) is 16.1. The Kier molecular flexibility index (Phi) is 6.73. The summed E-state index contributed by atoms with van der Waals surface area (Å²) < 4.78 is 28.8. The monoisotopic (exact) mass is 482 g/mol. The van der Waals surface area contributed by atoms with Crippen LogP contribution in [0.1, 0.15) is 56.6 Å². The Morgan fingerprint density at radius 1 is 1.12 bits per heavy atom. The summed E-state index contributed by atoms with van der Waals surface area (Å²) in [5.74, 6) is -0.267. The Bertz CT molecular complexity index is 1200. The Morgan fingerprint density at radius 2 is 1.76 bits per heavy atom. The molecule has 2 bridgehead atoms. The number of ketones is 1. The second-order valence-electron chi connectivity index (χ2n) is 9.43. The Morgan fingerprint density at radius 3 is 2.32 bits per heavy atom. The number of Topliss-reactive ketones (excluding diaryl/α,β-unsaturated/α-hetero) is 1. The fraction of sp³-hybridized carbons (Fsp3) is 0.423. The highest BCUT2D eigenvalue weighted by atomic mass is 32.2. The van der Waals surface area contributed by atoms with Gasteiger partial charge in [0.15, 0.2) is 0 Å². The SMILES string of the molecule is C=C(C)c1ccc([C@@H]2C[C@@H]3CC[C@H]([C@H]2C(=O)CC)N(S(=O)(=O)c2ccc([N+](=O)[O-])cc2)C3)cc1. The van der Waals surface area contributed by atoms with Crippen LogP contribution in [0.25, 0.3) is 5.57 Å². The Balaban J connectivity index is 1.73. The summed E-state index contributed by atoms with van der Waals surface area (Å²) in [5.41, 5.74) is 2.91. The number of allylic oxidation sites excluding steroid dienone is 1. The molecule has 2 saturated heterocycles. The van der Waals surface area contributed by atoms with E-state index in [0.29, 0.717) is 19.4 Å². The van der Waals surface area contributed by atoms with Crippen LogP contribution in [0.15, 0.2) is 60.0 Å². The van der Waals surface area contributed by atoms with Crippen molar-refractivity contribution in [3.8, 4) is 0 Å². The van der Waals surface area contributed by atoms with Gasteiger partial charge < -0.3 is 0 Å². The van der Waals surface area contributed by atoms with E-state index in [2.05, 4.69) is 6.58 Å². The van der Waals surface area contributed by atoms with E-state index in [4.69, 9.17) is 0 Å². The van der Waals surface area contributed by atoms with Crippen LogP contribution in [0, 0.1) is 22.0 Å². The quantitative estimate of drug-likeness (QED) is 0.400. The number of nitro groups is 1. The van der Waals surface area contributed by atoms with Crippen molar-refractivity contribution in [2.75, 3.05) is 6.54 Å². The molecule has 2 heterocycles. The third kappa shape index (κ3) is 4.44. The van der Waals surface area contributed by atoms with Gasteiger partial charge in [0.05, 0.1) is 9.82 Å². The van der Waals surface area contributed by atoms with Gasteiger partial charge in [-0.2, -0.15) is 4.31 Å². The summed E-state index contributed by atoms with van der Waals surface area (Å²) in [6.07, 6.45) is 2.61. The molecule has 34 heavy (non-hydrogen) atoms. The molecule has 1 aliphatic carbocycles. The van der Waals surface area contributed by atoms with Crippen molar-refractivity contribution in [2.24, 2.45) is 11.8 Å². The molecular weight excluding hydrogens is 452 g/mol. The van der Waals surface area contributed by atoms with E-state index in [1.54, 1.807) is 0 Å². The maximum Gasteiger partial charge on any atom is 0.269 e. The molecule has 0 aromatic heterocycles. The number of fused-ring (bicyclic) bond motifs is 4. The highest BCUT2D eigenvalue weighted by Crippen LogP contribution is 2.47. The summed E-state index contributed by atoms with van der Waals surface area (Å²) >= 11 is 0. The third-order valence-electron chi connectivity index (χ3n) is 7.32. The van der Waals surface area contributed by atoms with Gasteiger partial charge in [-0.3, -0.25) is 14.9 Å². The number of rotatable bonds is 7. The van der Waals surface area contributed by atoms with Gasteiger partial charge in [0.1, 0.15) is 5.78 Å². The molecule has 8 heteroatoms. The zero-order chi connectivity index (χ0) is 24.6. The first-order valence-corrected chi connectivity index (χ1v) is 13.1. The number of sulfonamides is 1. The summed E-state index contributed by atoms with van der Waals surface area (Å²) in [6.45, 7) is 8.13. The predicted octanol–water partition coefficient (Wildman–Crippen LogP) is 5.18. The van der Waals surface area contributed by atoms with Crippen LogP contribution in [-0.2, 0) is 14.8 Å². The van der Waals surface area contributed by atoms with Crippen molar-refractivity contribution >= 4 is 27.1 Å². The number of carbonyl (C=O) groups excluding carboxylic acids is 1. The normalized spacial score (nSPS) is 25.0. The lowest BCUT2D eigenvalue weighted by atomic mass is 9.77. The van der Waals surface area contributed by atoms with Gasteiger partial charge in [0.25, 0.3) is 5.69 Å². The number of nitrogens with zero attached hydrogens (tertiary/aromatic N) is 2. The molecule has 0 amide bonds. The van der Waals surface area contributed by atoms with Crippen LogP contribution in [0.3, 0.4) is 0 Å². The summed E-state index contributed by atoms with van der Waals surface area (Å²) in [4.78, 5) is 23.8. The fourth-order valence-electron chi connectivity index (χ4n) is 5.54. The van der Waals surface area contributed by atoms with Crippen molar-refractivity contribution in [3.05, 3.63) is 76.4 Å². The number of non-ortho nitro benzene ring substituents is 1. The number of nitro benzene ring substituents is 1. The van der Waals surface area contributed by atoms with Crippen LogP contribution in [0.4, 0.5) is 5.69 Å². The Hall–Kier alpha value is -2.84. The summed E-state index contributed by atoms with van der Waals surface area (Å²) in [5, 5.41) is 11.0. The van der Waals surface area contributed by atoms with Crippen molar-refractivity contribution in [1.82, 2.24) is 4.31 Å². The molecule has 0 spiro atoms. The molecule has 0 N–H and O–H groups in total. The molecule has 2 aromatic carbocycles. The van der Waals surface area contributed by atoms with E-state index >= 15 is 0 Å². The fourth-order valence-corrected chi connectivity index (χ4v) is 7.29. The molecule has 7 nitrogen and oxygen atoms in total. The molecule has 1 saturated carbocycles. The molecule has 0 unspecified atom stereocenters. The van der Waals surface area contributed by atoms with Gasteiger partial charge >= 0.3 is 0 Å². The third-order valence-corrected chi connectivity index (χ3v) is 9.23. The number of hydrogen-bond acceptors (Lipinski definition) is 5. The first-order valence-electron chi connectivity index (χ1n) is 11.7. The molecule has 5 rings (SSSR count). The molecular formula is C26H30N2O5S. The van der Waals surface area contributed by atoms with Crippen LogP contribution < -0.4 is 0 Å². The van der Waals surface area contributed by atoms with Gasteiger partial charge in [0.2, 0.25) is 10.0 Å². The minimum atomic E-state index is -3.91.